The zero-order valence-electron chi connectivity index (χ0n) is 7.19. The molecule has 1 rings (SSSR count). The van der Waals surface area contributed by atoms with Crippen molar-refractivity contribution in [3.05, 3.63) is 24.3 Å². The molecule has 0 saturated carbocycles. The minimum atomic E-state index is -0.866. The zero-order valence-corrected chi connectivity index (χ0v) is 7.19. The molecular weight excluding hydrogens is 156 g/mol. The van der Waals surface area contributed by atoms with Crippen LogP contribution in [-0.4, -0.2) is 21.0 Å². The van der Waals surface area contributed by atoms with Gasteiger partial charge in [-0.25, -0.2) is 9.97 Å². The summed E-state index contributed by atoms with van der Waals surface area (Å²) >= 11 is 0. The molecule has 0 aliphatic heterocycles. The SMILES string of the molecule is CC.O=C(O)Cc1cncnc1. The summed E-state index contributed by atoms with van der Waals surface area (Å²) in [5, 5.41) is 8.31. The standard InChI is InChI=1S/C6H6N2O2.C2H6/c9-6(10)1-5-2-7-4-8-3-5;1-2/h2-4H,1H2,(H,9,10);1-2H3. The van der Waals surface area contributed by atoms with E-state index in [1.165, 1.54) is 18.7 Å². The lowest BCUT2D eigenvalue weighted by Crippen LogP contribution is -2.00. The van der Waals surface area contributed by atoms with Crippen LogP contribution >= 0.6 is 0 Å². The van der Waals surface area contributed by atoms with Crippen LogP contribution in [0.2, 0.25) is 0 Å². The van der Waals surface area contributed by atoms with Crippen LogP contribution in [-0.2, 0) is 11.2 Å². The lowest BCUT2D eigenvalue weighted by Gasteiger charge is -1.91. The predicted octanol–water partition coefficient (Wildman–Crippen LogP) is 1.13. The number of hydrogen-bond acceptors (Lipinski definition) is 3. The Balaban J connectivity index is 0.000000561. The van der Waals surface area contributed by atoms with Crippen LogP contribution < -0.4 is 0 Å². The van der Waals surface area contributed by atoms with Crippen LogP contribution in [0.5, 0.6) is 0 Å². The summed E-state index contributed by atoms with van der Waals surface area (Å²) in [7, 11) is 0. The first kappa shape index (κ1) is 10.6. The van der Waals surface area contributed by atoms with E-state index in [1.54, 1.807) is 0 Å². The van der Waals surface area contributed by atoms with E-state index in [2.05, 4.69) is 9.97 Å². The van der Waals surface area contributed by atoms with E-state index in [-0.39, 0.29) is 6.42 Å². The average molecular weight is 168 g/mol. The molecule has 0 aliphatic rings. The van der Waals surface area contributed by atoms with Gasteiger partial charge in [-0.1, -0.05) is 13.8 Å². The molecule has 0 atom stereocenters. The van der Waals surface area contributed by atoms with Crippen LogP contribution in [0.4, 0.5) is 0 Å². The maximum absolute atomic E-state index is 10.1. The van der Waals surface area contributed by atoms with Gasteiger partial charge in [0.05, 0.1) is 6.42 Å². The Labute approximate surface area is 71.3 Å². The molecule has 0 amide bonds. The van der Waals surface area contributed by atoms with Crippen molar-refractivity contribution < 1.29 is 9.90 Å². The highest BCUT2D eigenvalue weighted by molar-refractivity contribution is 5.69. The van der Waals surface area contributed by atoms with Crippen molar-refractivity contribution >= 4 is 5.97 Å². The highest BCUT2D eigenvalue weighted by Crippen LogP contribution is 1.92. The second kappa shape index (κ2) is 6.27. The van der Waals surface area contributed by atoms with Gasteiger partial charge in [0.2, 0.25) is 0 Å². The topological polar surface area (TPSA) is 63.1 Å². The minimum Gasteiger partial charge on any atom is -0.481 e. The molecule has 66 valence electrons. The van der Waals surface area contributed by atoms with Crippen molar-refractivity contribution in [1.82, 2.24) is 9.97 Å². The van der Waals surface area contributed by atoms with Crippen molar-refractivity contribution in [3.63, 3.8) is 0 Å². The Hall–Kier alpha value is -1.45. The molecular formula is C8H12N2O2. The van der Waals surface area contributed by atoms with Gasteiger partial charge in [-0.15, -0.1) is 0 Å². The van der Waals surface area contributed by atoms with Crippen LogP contribution in [0.25, 0.3) is 0 Å². The summed E-state index contributed by atoms with van der Waals surface area (Å²) in [4.78, 5) is 17.4. The number of aliphatic carboxylic acids is 1. The molecule has 0 saturated heterocycles. The van der Waals surface area contributed by atoms with Gasteiger partial charge in [-0.3, -0.25) is 4.79 Å². The Kier molecular flexibility index (Phi) is 5.51. The zero-order chi connectivity index (χ0) is 9.40. The molecule has 4 heteroatoms. The molecule has 1 aromatic rings. The molecule has 0 fully saturated rings. The fraction of sp³-hybridized carbons (Fsp3) is 0.375. The van der Waals surface area contributed by atoms with E-state index in [0.717, 1.165) is 0 Å². The molecule has 12 heavy (non-hydrogen) atoms. The third-order valence-electron chi connectivity index (χ3n) is 0.969. The number of nitrogens with zero attached hydrogens (tertiary/aromatic N) is 2. The maximum Gasteiger partial charge on any atom is 0.307 e. The maximum atomic E-state index is 10.1. The van der Waals surface area contributed by atoms with E-state index in [0.29, 0.717) is 5.56 Å². The van der Waals surface area contributed by atoms with Crippen molar-refractivity contribution in [2.24, 2.45) is 0 Å². The second-order valence-electron chi connectivity index (χ2n) is 1.82. The summed E-state index contributed by atoms with van der Waals surface area (Å²) in [6.07, 6.45) is 4.33. The van der Waals surface area contributed by atoms with Gasteiger partial charge < -0.3 is 5.11 Å². The highest BCUT2D eigenvalue weighted by atomic mass is 16.4. The van der Waals surface area contributed by atoms with E-state index in [9.17, 15) is 4.79 Å². The molecule has 0 bridgehead atoms. The summed E-state index contributed by atoms with van der Waals surface area (Å²) in [5.74, 6) is -0.866. The van der Waals surface area contributed by atoms with Gasteiger partial charge in [0.25, 0.3) is 0 Å². The molecule has 4 nitrogen and oxygen atoms in total. The fourth-order valence-electron chi connectivity index (χ4n) is 0.596. The van der Waals surface area contributed by atoms with E-state index in [4.69, 9.17) is 5.11 Å². The third kappa shape index (κ3) is 4.38. The quantitative estimate of drug-likeness (QED) is 0.719. The number of rotatable bonds is 2. The molecule has 1 heterocycles. The monoisotopic (exact) mass is 168 g/mol. The lowest BCUT2D eigenvalue weighted by molar-refractivity contribution is -0.136. The first-order valence-electron chi connectivity index (χ1n) is 3.74. The van der Waals surface area contributed by atoms with Gasteiger partial charge in [-0.2, -0.15) is 0 Å². The third-order valence-corrected chi connectivity index (χ3v) is 0.969. The average Bonchev–Trinajstić information content (AvgIpc) is 2.08. The molecule has 0 radical (unpaired) electrons. The van der Waals surface area contributed by atoms with E-state index >= 15 is 0 Å². The number of carboxylic acids is 1. The minimum absolute atomic E-state index is 0.0131. The molecule has 1 aromatic heterocycles. The van der Waals surface area contributed by atoms with Crippen LogP contribution in [0, 0.1) is 0 Å². The molecule has 0 aromatic carbocycles. The first-order chi connectivity index (χ1) is 5.79. The molecule has 1 N–H and O–H groups in total. The summed E-state index contributed by atoms with van der Waals surface area (Å²) in [6.45, 7) is 4.00. The van der Waals surface area contributed by atoms with Crippen molar-refractivity contribution in [2.45, 2.75) is 20.3 Å². The van der Waals surface area contributed by atoms with Crippen molar-refractivity contribution in [1.29, 1.82) is 0 Å². The van der Waals surface area contributed by atoms with Crippen molar-refractivity contribution in [3.8, 4) is 0 Å². The van der Waals surface area contributed by atoms with Gasteiger partial charge in [0.1, 0.15) is 6.33 Å². The molecule has 0 unspecified atom stereocenters. The van der Waals surface area contributed by atoms with Crippen LogP contribution in [0.15, 0.2) is 18.7 Å². The normalized spacial score (nSPS) is 8.17. The lowest BCUT2D eigenvalue weighted by atomic mass is 10.2. The van der Waals surface area contributed by atoms with Gasteiger partial charge in [0, 0.05) is 12.4 Å². The predicted molar refractivity (Wildman–Crippen MR) is 44.7 cm³/mol. The molecule has 0 spiro atoms. The largest absolute Gasteiger partial charge is 0.481 e. The van der Waals surface area contributed by atoms with Crippen LogP contribution in [0.3, 0.4) is 0 Å². The Bertz CT molecular complexity index is 224. The fourth-order valence-corrected chi connectivity index (χ4v) is 0.596. The van der Waals surface area contributed by atoms with E-state index in [1.807, 2.05) is 13.8 Å². The number of hydrogen-bond donors (Lipinski definition) is 1. The highest BCUT2D eigenvalue weighted by Gasteiger charge is 1.98. The Morgan fingerprint density at radius 2 is 1.92 bits per heavy atom. The number of carbonyl (C=O) groups is 1. The van der Waals surface area contributed by atoms with Gasteiger partial charge in [0.15, 0.2) is 0 Å². The van der Waals surface area contributed by atoms with Crippen molar-refractivity contribution in [2.75, 3.05) is 0 Å². The van der Waals surface area contributed by atoms with Crippen LogP contribution in [0.1, 0.15) is 19.4 Å². The van der Waals surface area contributed by atoms with E-state index < -0.39 is 5.97 Å². The summed E-state index contributed by atoms with van der Waals surface area (Å²) in [5.41, 5.74) is 0.620. The van der Waals surface area contributed by atoms with Gasteiger partial charge in [-0.05, 0) is 5.56 Å². The number of carboxylic acid groups (broad SMARTS) is 1. The Morgan fingerprint density at radius 1 is 1.42 bits per heavy atom. The molecule has 0 aliphatic carbocycles. The smallest absolute Gasteiger partial charge is 0.307 e. The first-order valence-corrected chi connectivity index (χ1v) is 3.74. The van der Waals surface area contributed by atoms with Gasteiger partial charge >= 0.3 is 5.97 Å². The summed E-state index contributed by atoms with van der Waals surface area (Å²) in [6, 6.07) is 0. The summed E-state index contributed by atoms with van der Waals surface area (Å²) < 4.78 is 0. The second-order valence-corrected chi connectivity index (χ2v) is 1.82. The Morgan fingerprint density at radius 3 is 2.33 bits per heavy atom. The number of aromatic nitrogens is 2.